The van der Waals surface area contributed by atoms with E-state index in [4.69, 9.17) is 13.6 Å². The molecule has 0 fully saturated rings. The molecule has 0 amide bonds. The van der Waals surface area contributed by atoms with E-state index in [2.05, 4.69) is 5.32 Å². The molecule has 4 heteroatoms. The van der Waals surface area contributed by atoms with Crippen LogP contribution < -0.4 is 5.32 Å². The number of hydrogen-bond donors (Lipinski definition) is 1. The monoisotopic (exact) mass is 249 g/mol. The predicted molar refractivity (Wildman–Crippen MR) is 68.3 cm³/mol. The van der Waals surface area contributed by atoms with Gasteiger partial charge >= 0.3 is 0 Å². The Kier molecular flexibility index (Phi) is 4.23. The number of ether oxygens (including phenoxy) is 1. The summed E-state index contributed by atoms with van der Waals surface area (Å²) >= 11 is 0. The Morgan fingerprint density at radius 1 is 1.11 bits per heavy atom. The van der Waals surface area contributed by atoms with Crippen molar-refractivity contribution < 1.29 is 13.6 Å². The number of methoxy groups -OCH3 is 1. The van der Waals surface area contributed by atoms with E-state index in [-0.39, 0.29) is 6.04 Å². The van der Waals surface area contributed by atoms with Gasteiger partial charge in [0.2, 0.25) is 0 Å². The third-order valence-electron chi connectivity index (χ3n) is 2.76. The number of aryl methyl sites for hydroxylation is 2. The van der Waals surface area contributed by atoms with Crippen molar-refractivity contribution in [3.05, 3.63) is 47.3 Å². The molecule has 0 saturated carbocycles. The van der Waals surface area contributed by atoms with Gasteiger partial charge in [-0.15, -0.1) is 0 Å². The third-order valence-corrected chi connectivity index (χ3v) is 2.76. The van der Waals surface area contributed by atoms with Crippen molar-refractivity contribution in [2.75, 3.05) is 13.7 Å². The highest BCUT2D eigenvalue weighted by atomic mass is 16.5. The Morgan fingerprint density at radius 3 is 2.39 bits per heavy atom. The van der Waals surface area contributed by atoms with E-state index in [0.717, 1.165) is 23.0 Å². The Hall–Kier alpha value is -1.52. The number of rotatable bonds is 6. The molecule has 2 rings (SSSR count). The molecule has 4 nitrogen and oxygen atoms in total. The van der Waals surface area contributed by atoms with Gasteiger partial charge in [0.15, 0.2) is 0 Å². The summed E-state index contributed by atoms with van der Waals surface area (Å²) in [4.78, 5) is 0. The first kappa shape index (κ1) is 12.9. The minimum absolute atomic E-state index is 0.0362. The SMILES string of the molecule is COC[C@H](NCc1ccc(C)o1)c1ccc(C)o1. The van der Waals surface area contributed by atoms with Gasteiger partial charge in [0.1, 0.15) is 23.0 Å². The van der Waals surface area contributed by atoms with Gasteiger partial charge in [0, 0.05) is 7.11 Å². The molecule has 2 aromatic rings. The highest BCUT2D eigenvalue weighted by molar-refractivity contribution is 5.11. The van der Waals surface area contributed by atoms with E-state index in [1.807, 2.05) is 38.1 Å². The summed E-state index contributed by atoms with van der Waals surface area (Å²) in [5.41, 5.74) is 0. The zero-order valence-electron chi connectivity index (χ0n) is 11.0. The molecule has 0 aliphatic heterocycles. The molecule has 0 aliphatic carbocycles. The van der Waals surface area contributed by atoms with E-state index in [9.17, 15) is 0 Å². The van der Waals surface area contributed by atoms with Crippen LogP contribution in [0.25, 0.3) is 0 Å². The Balaban J connectivity index is 1.98. The molecule has 1 N–H and O–H groups in total. The molecule has 0 aliphatic rings. The van der Waals surface area contributed by atoms with Crippen LogP contribution in [0.2, 0.25) is 0 Å². The predicted octanol–water partition coefficient (Wildman–Crippen LogP) is 2.97. The summed E-state index contributed by atoms with van der Waals surface area (Å²) in [6.07, 6.45) is 0. The van der Waals surface area contributed by atoms with E-state index in [1.165, 1.54) is 0 Å². The lowest BCUT2D eigenvalue weighted by Gasteiger charge is -2.14. The summed E-state index contributed by atoms with van der Waals surface area (Å²) in [6.45, 7) is 5.09. The number of hydrogen-bond acceptors (Lipinski definition) is 4. The van der Waals surface area contributed by atoms with Crippen LogP contribution in [-0.2, 0) is 11.3 Å². The van der Waals surface area contributed by atoms with Crippen molar-refractivity contribution in [2.24, 2.45) is 0 Å². The van der Waals surface area contributed by atoms with Crippen LogP contribution in [-0.4, -0.2) is 13.7 Å². The second-order valence-electron chi connectivity index (χ2n) is 4.35. The van der Waals surface area contributed by atoms with Gasteiger partial charge in [0.05, 0.1) is 19.2 Å². The third kappa shape index (κ3) is 3.24. The Labute approximate surface area is 107 Å². The average Bonchev–Trinajstić information content (AvgIpc) is 2.94. The topological polar surface area (TPSA) is 47.5 Å². The standard InChI is InChI=1S/C14H19NO3/c1-10-4-6-12(17-10)8-15-13(9-16-3)14-7-5-11(2)18-14/h4-7,13,15H,8-9H2,1-3H3/t13-/m0/s1. The van der Waals surface area contributed by atoms with Gasteiger partial charge in [-0.25, -0.2) is 0 Å². The number of furan rings is 2. The van der Waals surface area contributed by atoms with Gasteiger partial charge < -0.3 is 13.6 Å². The van der Waals surface area contributed by atoms with Crippen LogP contribution in [0.4, 0.5) is 0 Å². The van der Waals surface area contributed by atoms with E-state index < -0.39 is 0 Å². The second kappa shape index (κ2) is 5.89. The van der Waals surface area contributed by atoms with Crippen LogP contribution in [0.1, 0.15) is 29.1 Å². The molecule has 1 atom stereocenters. The van der Waals surface area contributed by atoms with Crippen molar-refractivity contribution >= 4 is 0 Å². The summed E-state index contributed by atoms with van der Waals surface area (Å²) in [6, 6.07) is 7.89. The van der Waals surface area contributed by atoms with Crippen LogP contribution in [0.15, 0.2) is 33.1 Å². The molecule has 0 spiro atoms. The minimum atomic E-state index is 0.0362. The first-order valence-electron chi connectivity index (χ1n) is 6.03. The summed E-state index contributed by atoms with van der Waals surface area (Å²) in [5.74, 6) is 3.63. The molecule has 2 heterocycles. The van der Waals surface area contributed by atoms with E-state index in [0.29, 0.717) is 13.2 Å². The van der Waals surface area contributed by atoms with Crippen molar-refractivity contribution in [1.29, 1.82) is 0 Å². The quantitative estimate of drug-likeness (QED) is 0.855. The highest BCUT2D eigenvalue weighted by Crippen LogP contribution is 2.17. The fourth-order valence-corrected chi connectivity index (χ4v) is 1.85. The van der Waals surface area contributed by atoms with Crippen molar-refractivity contribution in [3.63, 3.8) is 0 Å². The summed E-state index contributed by atoms with van der Waals surface area (Å²) < 4.78 is 16.3. The molecular weight excluding hydrogens is 230 g/mol. The Morgan fingerprint density at radius 2 is 1.83 bits per heavy atom. The Bertz CT molecular complexity index is 487. The molecular formula is C14H19NO3. The lowest BCUT2D eigenvalue weighted by Crippen LogP contribution is -2.24. The second-order valence-corrected chi connectivity index (χ2v) is 4.35. The molecule has 98 valence electrons. The van der Waals surface area contributed by atoms with E-state index in [1.54, 1.807) is 7.11 Å². The minimum Gasteiger partial charge on any atom is -0.465 e. The van der Waals surface area contributed by atoms with Crippen molar-refractivity contribution in [2.45, 2.75) is 26.4 Å². The van der Waals surface area contributed by atoms with Crippen LogP contribution >= 0.6 is 0 Å². The normalized spacial score (nSPS) is 12.8. The molecule has 0 saturated heterocycles. The van der Waals surface area contributed by atoms with Gasteiger partial charge in [-0.1, -0.05) is 0 Å². The van der Waals surface area contributed by atoms with Gasteiger partial charge in [0.25, 0.3) is 0 Å². The van der Waals surface area contributed by atoms with Gasteiger partial charge in [-0.3, -0.25) is 5.32 Å². The summed E-state index contributed by atoms with van der Waals surface area (Å²) in [5, 5.41) is 3.37. The van der Waals surface area contributed by atoms with Gasteiger partial charge in [-0.2, -0.15) is 0 Å². The molecule has 0 aromatic carbocycles. The molecule has 0 bridgehead atoms. The van der Waals surface area contributed by atoms with Crippen molar-refractivity contribution in [3.8, 4) is 0 Å². The smallest absolute Gasteiger partial charge is 0.123 e. The zero-order chi connectivity index (χ0) is 13.0. The van der Waals surface area contributed by atoms with Crippen LogP contribution in [0.3, 0.4) is 0 Å². The molecule has 0 unspecified atom stereocenters. The van der Waals surface area contributed by atoms with Gasteiger partial charge in [-0.05, 0) is 38.1 Å². The maximum absolute atomic E-state index is 5.62. The van der Waals surface area contributed by atoms with Crippen LogP contribution in [0.5, 0.6) is 0 Å². The van der Waals surface area contributed by atoms with E-state index >= 15 is 0 Å². The fraction of sp³-hybridized carbons (Fsp3) is 0.429. The lowest BCUT2D eigenvalue weighted by atomic mass is 10.2. The first-order valence-corrected chi connectivity index (χ1v) is 6.03. The fourth-order valence-electron chi connectivity index (χ4n) is 1.85. The maximum Gasteiger partial charge on any atom is 0.123 e. The summed E-state index contributed by atoms with van der Waals surface area (Å²) in [7, 11) is 1.68. The first-order chi connectivity index (χ1) is 8.69. The zero-order valence-corrected chi connectivity index (χ0v) is 11.0. The lowest BCUT2D eigenvalue weighted by molar-refractivity contribution is 0.154. The molecule has 0 radical (unpaired) electrons. The average molecular weight is 249 g/mol. The van der Waals surface area contributed by atoms with Crippen molar-refractivity contribution in [1.82, 2.24) is 5.32 Å². The molecule has 18 heavy (non-hydrogen) atoms. The highest BCUT2D eigenvalue weighted by Gasteiger charge is 2.15. The number of nitrogens with one attached hydrogen (secondary N) is 1. The largest absolute Gasteiger partial charge is 0.465 e. The maximum atomic E-state index is 5.62. The molecule has 2 aromatic heterocycles. The van der Waals surface area contributed by atoms with Crippen LogP contribution in [0, 0.1) is 13.8 Å².